The summed E-state index contributed by atoms with van der Waals surface area (Å²) in [4.78, 5) is 0. The Kier molecular flexibility index (Phi) is 5.31. The predicted octanol–water partition coefficient (Wildman–Crippen LogP) is -0.380. The minimum Gasteiger partial charge on any atom is -0.396 e. The third kappa shape index (κ3) is 4.04. The molecule has 0 saturated carbocycles. The SMILES string of the molecule is COCCO[C@H]1CNC[C@H](CO)C1. The molecule has 0 amide bonds. The molecule has 1 fully saturated rings. The van der Waals surface area contributed by atoms with Crippen molar-refractivity contribution in [2.24, 2.45) is 5.92 Å². The van der Waals surface area contributed by atoms with Crippen LogP contribution in [0.25, 0.3) is 0 Å². The van der Waals surface area contributed by atoms with Crippen LogP contribution >= 0.6 is 0 Å². The van der Waals surface area contributed by atoms with Crippen LogP contribution in [0.3, 0.4) is 0 Å². The number of hydrogen-bond acceptors (Lipinski definition) is 4. The molecule has 1 aliphatic rings. The van der Waals surface area contributed by atoms with Crippen LogP contribution < -0.4 is 5.32 Å². The van der Waals surface area contributed by atoms with E-state index in [-0.39, 0.29) is 12.7 Å². The van der Waals surface area contributed by atoms with Crippen molar-refractivity contribution >= 4 is 0 Å². The molecule has 4 heteroatoms. The van der Waals surface area contributed by atoms with E-state index in [0.717, 1.165) is 19.5 Å². The predicted molar refractivity (Wildman–Crippen MR) is 49.7 cm³/mol. The van der Waals surface area contributed by atoms with Gasteiger partial charge in [-0.2, -0.15) is 0 Å². The lowest BCUT2D eigenvalue weighted by Crippen LogP contribution is -2.42. The van der Waals surface area contributed by atoms with E-state index in [4.69, 9.17) is 14.6 Å². The fourth-order valence-corrected chi connectivity index (χ4v) is 1.55. The number of methoxy groups -OCH3 is 1. The molecule has 2 N–H and O–H groups in total. The van der Waals surface area contributed by atoms with Gasteiger partial charge in [0.1, 0.15) is 0 Å². The number of nitrogens with one attached hydrogen (secondary N) is 1. The Balaban J connectivity index is 2.11. The highest BCUT2D eigenvalue weighted by molar-refractivity contribution is 4.75. The molecule has 0 spiro atoms. The normalized spacial score (nSPS) is 29.1. The Labute approximate surface area is 79.2 Å². The van der Waals surface area contributed by atoms with E-state index in [1.54, 1.807) is 7.11 Å². The summed E-state index contributed by atoms with van der Waals surface area (Å²) >= 11 is 0. The van der Waals surface area contributed by atoms with Gasteiger partial charge in [0.05, 0.1) is 19.3 Å². The summed E-state index contributed by atoms with van der Waals surface area (Å²) < 4.78 is 10.4. The lowest BCUT2D eigenvalue weighted by molar-refractivity contribution is -0.0100. The van der Waals surface area contributed by atoms with Gasteiger partial charge in [0.2, 0.25) is 0 Å². The van der Waals surface area contributed by atoms with Crippen molar-refractivity contribution in [3.8, 4) is 0 Å². The Hall–Kier alpha value is -0.160. The lowest BCUT2D eigenvalue weighted by Gasteiger charge is -2.28. The molecule has 0 unspecified atom stereocenters. The molecular formula is C9H19NO3. The third-order valence-electron chi connectivity index (χ3n) is 2.30. The van der Waals surface area contributed by atoms with Crippen molar-refractivity contribution in [2.45, 2.75) is 12.5 Å². The van der Waals surface area contributed by atoms with Crippen LogP contribution in [0, 0.1) is 5.92 Å². The van der Waals surface area contributed by atoms with E-state index in [0.29, 0.717) is 19.1 Å². The number of rotatable bonds is 5. The van der Waals surface area contributed by atoms with E-state index in [1.807, 2.05) is 0 Å². The molecule has 1 rings (SSSR count). The largest absolute Gasteiger partial charge is 0.396 e. The van der Waals surface area contributed by atoms with Crippen molar-refractivity contribution in [1.29, 1.82) is 0 Å². The number of aliphatic hydroxyl groups is 1. The standard InChI is InChI=1S/C9H19NO3/c1-12-2-3-13-9-4-8(7-11)5-10-6-9/h8-11H,2-7H2,1H3/t8-,9-/m1/s1. The second-order valence-corrected chi connectivity index (χ2v) is 3.43. The van der Waals surface area contributed by atoms with Gasteiger partial charge in [-0.25, -0.2) is 0 Å². The van der Waals surface area contributed by atoms with Crippen molar-refractivity contribution < 1.29 is 14.6 Å². The highest BCUT2D eigenvalue weighted by Gasteiger charge is 2.20. The summed E-state index contributed by atoms with van der Waals surface area (Å²) in [6.07, 6.45) is 1.19. The van der Waals surface area contributed by atoms with Crippen LogP contribution in [0.15, 0.2) is 0 Å². The van der Waals surface area contributed by atoms with E-state index in [1.165, 1.54) is 0 Å². The van der Waals surface area contributed by atoms with Gasteiger partial charge in [0, 0.05) is 26.8 Å². The number of ether oxygens (including phenoxy) is 2. The van der Waals surface area contributed by atoms with E-state index >= 15 is 0 Å². The van der Waals surface area contributed by atoms with Crippen LogP contribution in [-0.4, -0.2) is 51.2 Å². The van der Waals surface area contributed by atoms with Gasteiger partial charge in [-0.05, 0) is 12.3 Å². The first-order valence-corrected chi connectivity index (χ1v) is 4.79. The van der Waals surface area contributed by atoms with Crippen LogP contribution in [0.5, 0.6) is 0 Å². The second-order valence-electron chi connectivity index (χ2n) is 3.43. The molecule has 0 bridgehead atoms. The highest BCUT2D eigenvalue weighted by atomic mass is 16.5. The molecule has 13 heavy (non-hydrogen) atoms. The topological polar surface area (TPSA) is 50.7 Å². The fourth-order valence-electron chi connectivity index (χ4n) is 1.55. The average molecular weight is 189 g/mol. The van der Waals surface area contributed by atoms with Crippen LogP contribution in [0.1, 0.15) is 6.42 Å². The van der Waals surface area contributed by atoms with Gasteiger partial charge in [-0.1, -0.05) is 0 Å². The fraction of sp³-hybridized carbons (Fsp3) is 1.00. The van der Waals surface area contributed by atoms with Gasteiger partial charge in [-0.15, -0.1) is 0 Å². The van der Waals surface area contributed by atoms with Crippen molar-refractivity contribution in [3.63, 3.8) is 0 Å². The maximum Gasteiger partial charge on any atom is 0.0704 e. The minimum atomic E-state index is 0.237. The quantitative estimate of drug-likeness (QED) is 0.579. The van der Waals surface area contributed by atoms with Gasteiger partial charge in [-0.3, -0.25) is 0 Å². The molecule has 0 aliphatic carbocycles. The second kappa shape index (κ2) is 6.32. The van der Waals surface area contributed by atoms with Crippen molar-refractivity contribution in [1.82, 2.24) is 5.32 Å². The molecule has 4 nitrogen and oxygen atoms in total. The Bertz CT molecular complexity index is 132. The lowest BCUT2D eigenvalue weighted by atomic mass is 9.98. The monoisotopic (exact) mass is 189 g/mol. The smallest absolute Gasteiger partial charge is 0.0704 e. The first kappa shape index (κ1) is 10.9. The van der Waals surface area contributed by atoms with E-state index < -0.39 is 0 Å². The molecule has 2 atom stereocenters. The number of aliphatic hydroxyl groups excluding tert-OH is 1. The first-order valence-electron chi connectivity index (χ1n) is 4.79. The zero-order valence-electron chi connectivity index (χ0n) is 8.16. The summed E-state index contributed by atoms with van der Waals surface area (Å²) in [6, 6.07) is 0. The molecular weight excluding hydrogens is 170 g/mol. The van der Waals surface area contributed by atoms with Gasteiger partial charge < -0.3 is 19.9 Å². The maximum absolute atomic E-state index is 8.96. The average Bonchev–Trinajstić information content (AvgIpc) is 2.19. The number of hydrogen-bond donors (Lipinski definition) is 2. The summed E-state index contributed by atoms with van der Waals surface area (Å²) in [7, 11) is 1.67. The number of piperidine rings is 1. The molecule has 0 aromatic carbocycles. The van der Waals surface area contributed by atoms with Gasteiger partial charge in [0.25, 0.3) is 0 Å². The zero-order valence-corrected chi connectivity index (χ0v) is 8.16. The minimum absolute atomic E-state index is 0.237. The van der Waals surface area contributed by atoms with Crippen molar-refractivity contribution in [3.05, 3.63) is 0 Å². The third-order valence-corrected chi connectivity index (χ3v) is 2.30. The van der Waals surface area contributed by atoms with Crippen LogP contribution in [0.4, 0.5) is 0 Å². The summed E-state index contributed by atoms with van der Waals surface area (Å²) in [5.41, 5.74) is 0. The van der Waals surface area contributed by atoms with Crippen molar-refractivity contribution in [2.75, 3.05) is 40.0 Å². The Morgan fingerprint density at radius 2 is 2.23 bits per heavy atom. The Morgan fingerprint density at radius 1 is 1.38 bits per heavy atom. The molecule has 1 heterocycles. The first-order chi connectivity index (χ1) is 6.36. The van der Waals surface area contributed by atoms with Crippen LogP contribution in [-0.2, 0) is 9.47 Å². The molecule has 0 aromatic rings. The molecule has 0 aromatic heterocycles. The van der Waals surface area contributed by atoms with Crippen LogP contribution in [0.2, 0.25) is 0 Å². The summed E-state index contributed by atoms with van der Waals surface area (Å²) in [5, 5.41) is 12.2. The summed E-state index contributed by atoms with van der Waals surface area (Å²) in [6.45, 7) is 3.32. The van der Waals surface area contributed by atoms with Gasteiger partial charge >= 0.3 is 0 Å². The molecule has 78 valence electrons. The highest BCUT2D eigenvalue weighted by Crippen LogP contribution is 2.12. The van der Waals surface area contributed by atoms with E-state index in [9.17, 15) is 0 Å². The molecule has 0 radical (unpaired) electrons. The van der Waals surface area contributed by atoms with Gasteiger partial charge in [0.15, 0.2) is 0 Å². The zero-order chi connectivity index (χ0) is 9.52. The van der Waals surface area contributed by atoms with E-state index in [2.05, 4.69) is 5.32 Å². The molecule has 1 saturated heterocycles. The Morgan fingerprint density at radius 3 is 2.92 bits per heavy atom. The molecule has 1 aliphatic heterocycles. The maximum atomic E-state index is 8.96. The summed E-state index contributed by atoms with van der Waals surface area (Å²) in [5.74, 6) is 0.348.